The SMILES string of the molecule is COc1cc(Cl)ccc1C(N)CC(=O)O. The van der Waals surface area contributed by atoms with Gasteiger partial charge in [0.2, 0.25) is 0 Å². The number of hydrogen-bond donors (Lipinski definition) is 2. The van der Waals surface area contributed by atoms with Crippen molar-refractivity contribution in [2.24, 2.45) is 5.73 Å². The normalized spacial score (nSPS) is 12.2. The molecule has 1 aromatic rings. The van der Waals surface area contributed by atoms with E-state index >= 15 is 0 Å². The van der Waals surface area contributed by atoms with Crippen LogP contribution in [0, 0.1) is 0 Å². The van der Waals surface area contributed by atoms with Gasteiger partial charge in [-0.15, -0.1) is 0 Å². The Bertz CT molecular complexity index is 368. The Morgan fingerprint density at radius 3 is 2.87 bits per heavy atom. The third-order valence-corrected chi connectivity index (χ3v) is 2.22. The summed E-state index contributed by atoms with van der Waals surface area (Å²) in [6, 6.07) is 4.35. The molecule has 15 heavy (non-hydrogen) atoms. The van der Waals surface area contributed by atoms with E-state index in [9.17, 15) is 4.79 Å². The molecular weight excluding hydrogens is 218 g/mol. The Morgan fingerprint density at radius 2 is 2.33 bits per heavy atom. The summed E-state index contributed by atoms with van der Waals surface area (Å²) in [6.07, 6.45) is -0.141. The average Bonchev–Trinajstić information content (AvgIpc) is 2.16. The maximum Gasteiger partial charge on any atom is 0.305 e. The summed E-state index contributed by atoms with van der Waals surface area (Å²) < 4.78 is 5.07. The van der Waals surface area contributed by atoms with Crippen molar-refractivity contribution in [2.75, 3.05) is 7.11 Å². The monoisotopic (exact) mass is 229 g/mol. The number of hydrogen-bond acceptors (Lipinski definition) is 3. The molecule has 82 valence electrons. The molecule has 0 fully saturated rings. The lowest BCUT2D eigenvalue weighted by Gasteiger charge is -2.13. The highest BCUT2D eigenvalue weighted by atomic mass is 35.5. The van der Waals surface area contributed by atoms with E-state index < -0.39 is 12.0 Å². The molecule has 0 radical (unpaired) electrons. The van der Waals surface area contributed by atoms with Crippen LogP contribution in [0.1, 0.15) is 18.0 Å². The highest BCUT2D eigenvalue weighted by molar-refractivity contribution is 6.30. The first-order valence-corrected chi connectivity index (χ1v) is 4.73. The molecule has 1 rings (SSSR count). The molecule has 0 bridgehead atoms. The van der Waals surface area contributed by atoms with Gasteiger partial charge in [0.15, 0.2) is 0 Å². The van der Waals surface area contributed by atoms with Gasteiger partial charge in [0.1, 0.15) is 5.75 Å². The van der Waals surface area contributed by atoms with Gasteiger partial charge in [0.25, 0.3) is 0 Å². The van der Waals surface area contributed by atoms with Gasteiger partial charge in [0, 0.05) is 16.6 Å². The molecule has 4 nitrogen and oxygen atoms in total. The first kappa shape index (κ1) is 11.8. The Morgan fingerprint density at radius 1 is 1.67 bits per heavy atom. The van der Waals surface area contributed by atoms with E-state index in [0.29, 0.717) is 16.3 Å². The van der Waals surface area contributed by atoms with Crippen LogP contribution < -0.4 is 10.5 Å². The molecule has 0 spiro atoms. The molecule has 0 saturated carbocycles. The van der Waals surface area contributed by atoms with E-state index in [1.807, 2.05) is 0 Å². The number of benzene rings is 1. The molecule has 0 saturated heterocycles. The van der Waals surface area contributed by atoms with Crippen molar-refractivity contribution in [3.8, 4) is 5.75 Å². The second-order valence-electron chi connectivity index (χ2n) is 3.09. The van der Waals surface area contributed by atoms with Crippen molar-refractivity contribution in [3.63, 3.8) is 0 Å². The van der Waals surface area contributed by atoms with E-state index in [2.05, 4.69) is 0 Å². The fraction of sp³-hybridized carbons (Fsp3) is 0.300. The molecule has 1 atom stereocenters. The first-order valence-electron chi connectivity index (χ1n) is 4.35. The number of rotatable bonds is 4. The van der Waals surface area contributed by atoms with Crippen LogP contribution in [-0.4, -0.2) is 18.2 Å². The summed E-state index contributed by atoms with van der Waals surface area (Å²) >= 11 is 5.77. The molecule has 3 N–H and O–H groups in total. The maximum absolute atomic E-state index is 10.5. The van der Waals surface area contributed by atoms with Crippen LogP contribution in [0.15, 0.2) is 18.2 Å². The molecule has 0 aliphatic rings. The lowest BCUT2D eigenvalue weighted by molar-refractivity contribution is -0.137. The van der Waals surface area contributed by atoms with Crippen LogP contribution in [-0.2, 0) is 4.79 Å². The molecule has 1 unspecified atom stereocenters. The van der Waals surface area contributed by atoms with E-state index in [-0.39, 0.29) is 6.42 Å². The minimum absolute atomic E-state index is 0.141. The van der Waals surface area contributed by atoms with E-state index in [4.69, 9.17) is 27.2 Å². The summed E-state index contributed by atoms with van der Waals surface area (Å²) in [7, 11) is 1.49. The number of aliphatic carboxylic acids is 1. The van der Waals surface area contributed by atoms with Gasteiger partial charge in [-0.2, -0.15) is 0 Å². The van der Waals surface area contributed by atoms with Gasteiger partial charge in [0.05, 0.1) is 13.5 Å². The van der Waals surface area contributed by atoms with E-state index in [1.165, 1.54) is 7.11 Å². The van der Waals surface area contributed by atoms with Gasteiger partial charge in [-0.05, 0) is 12.1 Å². The van der Waals surface area contributed by atoms with Gasteiger partial charge in [-0.3, -0.25) is 4.79 Å². The van der Waals surface area contributed by atoms with E-state index in [0.717, 1.165) is 0 Å². The molecular formula is C10H12ClNO3. The predicted molar refractivity (Wildman–Crippen MR) is 57.2 cm³/mol. The van der Waals surface area contributed by atoms with Crippen LogP contribution in [0.2, 0.25) is 5.02 Å². The molecule has 0 aromatic heterocycles. The van der Waals surface area contributed by atoms with Crippen LogP contribution in [0.4, 0.5) is 0 Å². The quantitative estimate of drug-likeness (QED) is 0.826. The third kappa shape index (κ3) is 3.11. The number of methoxy groups -OCH3 is 1. The highest BCUT2D eigenvalue weighted by Crippen LogP contribution is 2.28. The van der Waals surface area contributed by atoms with Gasteiger partial charge >= 0.3 is 5.97 Å². The Balaban J connectivity index is 2.97. The summed E-state index contributed by atoms with van der Waals surface area (Å²) in [5, 5.41) is 9.14. The summed E-state index contributed by atoms with van der Waals surface area (Å²) in [6.45, 7) is 0. The molecule has 0 aliphatic heterocycles. The summed E-state index contributed by atoms with van der Waals surface area (Å²) in [4.78, 5) is 10.5. The highest BCUT2D eigenvalue weighted by Gasteiger charge is 2.15. The lowest BCUT2D eigenvalue weighted by Crippen LogP contribution is -2.15. The van der Waals surface area contributed by atoms with Crippen molar-refractivity contribution >= 4 is 17.6 Å². The van der Waals surface area contributed by atoms with Crippen LogP contribution >= 0.6 is 11.6 Å². The van der Waals surface area contributed by atoms with Gasteiger partial charge in [-0.1, -0.05) is 17.7 Å². The van der Waals surface area contributed by atoms with Crippen molar-refractivity contribution in [2.45, 2.75) is 12.5 Å². The Kier molecular flexibility index (Phi) is 3.94. The minimum atomic E-state index is -0.945. The first-order chi connectivity index (χ1) is 7.04. The zero-order chi connectivity index (χ0) is 11.4. The minimum Gasteiger partial charge on any atom is -0.496 e. The van der Waals surface area contributed by atoms with Crippen molar-refractivity contribution in [1.82, 2.24) is 0 Å². The molecule has 1 aromatic carbocycles. The largest absolute Gasteiger partial charge is 0.496 e. The van der Waals surface area contributed by atoms with Gasteiger partial charge in [-0.25, -0.2) is 0 Å². The number of carbonyl (C=O) groups is 1. The summed E-state index contributed by atoms with van der Waals surface area (Å²) in [5.74, 6) is -0.434. The van der Waals surface area contributed by atoms with Gasteiger partial charge < -0.3 is 15.6 Å². The number of nitrogens with two attached hydrogens (primary N) is 1. The number of halogens is 1. The number of ether oxygens (including phenoxy) is 1. The zero-order valence-electron chi connectivity index (χ0n) is 8.24. The van der Waals surface area contributed by atoms with Crippen LogP contribution in [0.25, 0.3) is 0 Å². The van der Waals surface area contributed by atoms with Crippen molar-refractivity contribution in [3.05, 3.63) is 28.8 Å². The summed E-state index contributed by atoms with van der Waals surface area (Å²) in [5.41, 5.74) is 6.36. The average molecular weight is 230 g/mol. The van der Waals surface area contributed by atoms with Crippen LogP contribution in [0.3, 0.4) is 0 Å². The standard InChI is InChI=1S/C10H12ClNO3/c1-15-9-4-6(11)2-3-7(9)8(12)5-10(13)14/h2-4,8H,5,12H2,1H3,(H,13,14). The fourth-order valence-electron chi connectivity index (χ4n) is 1.29. The van der Waals surface area contributed by atoms with E-state index in [1.54, 1.807) is 18.2 Å². The smallest absolute Gasteiger partial charge is 0.305 e. The molecule has 0 amide bonds. The lowest BCUT2D eigenvalue weighted by atomic mass is 10.0. The molecule has 0 aliphatic carbocycles. The third-order valence-electron chi connectivity index (χ3n) is 1.99. The Labute approximate surface area is 92.6 Å². The van der Waals surface area contributed by atoms with Crippen molar-refractivity contribution < 1.29 is 14.6 Å². The molecule has 0 heterocycles. The maximum atomic E-state index is 10.5. The Hall–Kier alpha value is -1.26. The number of carboxylic acid groups (broad SMARTS) is 1. The number of carboxylic acids is 1. The second-order valence-corrected chi connectivity index (χ2v) is 3.53. The molecule has 5 heteroatoms. The van der Waals surface area contributed by atoms with Crippen molar-refractivity contribution in [1.29, 1.82) is 0 Å². The fourth-order valence-corrected chi connectivity index (χ4v) is 1.45. The topological polar surface area (TPSA) is 72.5 Å². The van der Waals surface area contributed by atoms with Crippen LogP contribution in [0.5, 0.6) is 5.75 Å². The predicted octanol–water partition coefficient (Wildman–Crippen LogP) is 1.82. The second kappa shape index (κ2) is 5.00. The zero-order valence-corrected chi connectivity index (χ0v) is 8.99.